The van der Waals surface area contributed by atoms with Gasteiger partial charge in [0.2, 0.25) is 0 Å². The zero-order valence-corrected chi connectivity index (χ0v) is 18.1. The largest absolute Gasteiger partial charge is 0.483 e. The number of benzene rings is 1. The second-order valence-electron chi connectivity index (χ2n) is 9.21. The van der Waals surface area contributed by atoms with Gasteiger partial charge in [0.25, 0.3) is 11.8 Å². The third-order valence-electron chi connectivity index (χ3n) is 5.68. The molecule has 6 nitrogen and oxygen atoms in total. The summed E-state index contributed by atoms with van der Waals surface area (Å²) in [6.45, 7) is 10.5. The minimum absolute atomic E-state index is 0.00119. The fraction of sp³-hybridized carbons (Fsp3) is 0.652. The van der Waals surface area contributed by atoms with Gasteiger partial charge in [-0.25, -0.2) is 0 Å². The van der Waals surface area contributed by atoms with Crippen LogP contribution < -0.4 is 10.1 Å². The van der Waals surface area contributed by atoms with E-state index < -0.39 is 0 Å². The van der Waals surface area contributed by atoms with Crippen LogP contribution in [-0.4, -0.2) is 55.2 Å². The zero-order valence-electron chi connectivity index (χ0n) is 18.1. The number of ether oxygens (including phenoxy) is 2. The molecule has 0 spiro atoms. The van der Waals surface area contributed by atoms with E-state index in [1.165, 1.54) is 5.56 Å². The van der Waals surface area contributed by atoms with Crippen molar-refractivity contribution in [3.8, 4) is 5.75 Å². The van der Waals surface area contributed by atoms with E-state index in [0.717, 1.165) is 37.0 Å². The molecule has 0 bridgehead atoms. The molecule has 1 aromatic rings. The molecule has 160 valence electrons. The van der Waals surface area contributed by atoms with Crippen LogP contribution >= 0.6 is 0 Å². The molecule has 2 aliphatic heterocycles. The van der Waals surface area contributed by atoms with Crippen molar-refractivity contribution in [3.05, 3.63) is 29.3 Å². The first kappa shape index (κ1) is 21.6. The normalized spacial score (nSPS) is 20.6. The molecule has 0 radical (unpaired) electrons. The van der Waals surface area contributed by atoms with Gasteiger partial charge in [0.15, 0.2) is 6.61 Å². The predicted octanol–water partition coefficient (Wildman–Crippen LogP) is 2.96. The van der Waals surface area contributed by atoms with E-state index in [4.69, 9.17) is 9.47 Å². The minimum Gasteiger partial charge on any atom is -0.483 e. The summed E-state index contributed by atoms with van der Waals surface area (Å²) in [4.78, 5) is 26.7. The molecule has 1 unspecified atom stereocenters. The summed E-state index contributed by atoms with van der Waals surface area (Å²) in [6.07, 6.45) is 3.05. The summed E-state index contributed by atoms with van der Waals surface area (Å²) < 4.78 is 11.4. The lowest BCUT2D eigenvalue weighted by Crippen LogP contribution is -2.49. The quantitative estimate of drug-likeness (QED) is 0.822. The van der Waals surface area contributed by atoms with E-state index in [1.54, 1.807) is 0 Å². The summed E-state index contributed by atoms with van der Waals surface area (Å²) in [5, 5.41) is 3.05. The van der Waals surface area contributed by atoms with Gasteiger partial charge in [0.1, 0.15) is 11.9 Å². The van der Waals surface area contributed by atoms with Gasteiger partial charge in [-0.1, -0.05) is 38.5 Å². The average Bonchev–Trinajstić information content (AvgIpc) is 3.21. The van der Waals surface area contributed by atoms with Crippen LogP contribution in [-0.2, 0) is 19.7 Å². The number of rotatable bonds is 5. The Hall–Kier alpha value is -2.08. The minimum atomic E-state index is -0.263. The number of hydrogen-bond acceptors (Lipinski definition) is 4. The number of nitrogens with one attached hydrogen (secondary N) is 1. The molecule has 2 fully saturated rings. The van der Waals surface area contributed by atoms with E-state index in [2.05, 4.69) is 39.1 Å². The Morgan fingerprint density at radius 3 is 2.55 bits per heavy atom. The molecule has 0 aliphatic carbocycles. The first-order valence-corrected chi connectivity index (χ1v) is 10.7. The molecule has 2 aliphatic rings. The molecule has 2 saturated heterocycles. The first-order valence-electron chi connectivity index (χ1n) is 10.7. The number of amides is 2. The van der Waals surface area contributed by atoms with Crippen molar-refractivity contribution in [2.75, 3.05) is 26.3 Å². The fourth-order valence-electron chi connectivity index (χ4n) is 3.99. The molecule has 1 atom stereocenters. The Kier molecular flexibility index (Phi) is 6.83. The van der Waals surface area contributed by atoms with Crippen molar-refractivity contribution in [2.45, 2.75) is 70.9 Å². The number of likely N-dealkylation sites (tertiary alicyclic amines) is 1. The van der Waals surface area contributed by atoms with Crippen molar-refractivity contribution < 1.29 is 19.1 Å². The molecular formula is C23H34N2O4. The smallest absolute Gasteiger partial charge is 0.258 e. The molecule has 1 aromatic carbocycles. The van der Waals surface area contributed by atoms with Crippen LogP contribution in [0.3, 0.4) is 0 Å². The Balaban J connectivity index is 1.46. The van der Waals surface area contributed by atoms with E-state index in [-0.39, 0.29) is 36.0 Å². The number of hydrogen-bond donors (Lipinski definition) is 1. The highest BCUT2D eigenvalue weighted by atomic mass is 16.5. The molecule has 6 heteroatoms. The van der Waals surface area contributed by atoms with Crippen molar-refractivity contribution in [1.82, 2.24) is 10.2 Å². The third-order valence-corrected chi connectivity index (χ3v) is 5.68. The van der Waals surface area contributed by atoms with Crippen LogP contribution in [0.2, 0.25) is 0 Å². The monoisotopic (exact) mass is 402 g/mol. The van der Waals surface area contributed by atoms with Gasteiger partial charge in [0.05, 0.1) is 0 Å². The van der Waals surface area contributed by atoms with Gasteiger partial charge in [-0.05, 0) is 49.7 Å². The Bertz CT molecular complexity index is 727. The van der Waals surface area contributed by atoms with Crippen molar-refractivity contribution in [2.24, 2.45) is 0 Å². The van der Waals surface area contributed by atoms with Gasteiger partial charge >= 0.3 is 0 Å². The van der Waals surface area contributed by atoms with Crippen molar-refractivity contribution in [3.63, 3.8) is 0 Å². The lowest BCUT2D eigenvalue weighted by Gasteiger charge is -2.33. The van der Waals surface area contributed by atoms with Gasteiger partial charge in [-0.2, -0.15) is 0 Å². The van der Waals surface area contributed by atoms with Crippen LogP contribution in [0.4, 0.5) is 0 Å². The maximum absolute atomic E-state index is 12.4. The maximum atomic E-state index is 12.4. The Labute approximate surface area is 173 Å². The number of carbonyl (C=O) groups is 2. The molecule has 0 aromatic heterocycles. The number of nitrogens with zero attached hydrogens (tertiary/aromatic N) is 1. The molecular weight excluding hydrogens is 368 g/mol. The molecule has 3 rings (SSSR count). The third kappa shape index (κ3) is 5.72. The SMILES string of the molecule is Cc1ccc(OCC(=O)NC2CCN(C(=O)C3CCCO3)CC2)c(C(C)(C)C)c1. The second kappa shape index (κ2) is 9.16. The van der Waals surface area contributed by atoms with Gasteiger partial charge < -0.3 is 19.7 Å². The van der Waals surface area contributed by atoms with Gasteiger partial charge in [-0.3, -0.25) is 9.59 Å². The van der Waals surface area contributed by atoms with Crippen LogP contribution in [0.5, 0.6) is 5.75 Å². The summed E-state index contributed by atoms with van der Waals surface area (Å²) >= 11 is 0. The highest BCUT2D eigenvalue weighted by Crippen LogP contribution is 2.32. The van der Waals surface area contributed by atoms with Gasteiger partial charge in [-0.15, -0.1) is 0 Å². The van der Waals surface area contributed by atoms with E-state index in [1.807, 2.05) is 17.0 Å². The lowest BCUT2D eigenvalue weighted by atomic mass is 9.85. The first-order chi connectivity index (χ1) is 13.7. The molecule has 2 heterocycles. The molecule has 2 amide bonds. The van der Waals surface area contributed by atoms with Crippen LogP contribution in [0, 0.1) is 6.92 Å². The Morgan fingerprint density at radius 1 is 1.21 bits per heavy atom. The second-order valence-corrected chi connectivity index (χ2v) is 9.21. The topological polar surface area (TPSA) is 67.9 Å². The highest BCUT2D eigenvalue weighted by Gasteiger charge is 2.31. The Morgan fingerprint density at radius 2 is 1.93 bits per heavy atom. The maximum Gasteiger partial charge on any atom is 0.258 e. The lowest BCUT2D eigenvalue weighted by molar-refractivity contribution is -0.142. The van der Waals surface area contributed by atoms with Crippen molar-refractivity contribution in [1.29, 1.82) is 0 Å². The highest BCUT2D eigenvalue weighted by molar-refractivity contribution is 5.81. The van der Waals surface area contributed by atoms with Crippen LogP contribution in [0.15, 0.2) is 18.2 Å². The summed E-state index contributed by atoms with van der Waals surface area (Å²) in [6, 6.07) is 6.15. The zero-order chi connectivity index (χ0) is 21.0. The number of aryl methyl sites for hydroxylation is 1. The van der Waals surface area contributed by atoms with Gasteiger partial charge in [0, 0.05) is 25.7 Å². The summed E-state index contributed by atoms with van der Waals surface area (Å²) in [5.41, 5.74) is 2.22. The van der Waals surface area contributed by atoms with Crippen LogP contribution in [0.1, 0.15) is 57.6 Å². The standard InChI is InChI=1S/C23H34N2O4/c1-16-7-8-19(18(14-16)23(2,3)4)29-15-21(26)24-17-9-11-25(12-10-17)22(27)20-6-5-13-28-20/h7-8,14,17,20H,5-6,9-13,15H2,1-4H3,(H,24,26). The summed E-state index contributed by atoms with van der Waals surface area (Å²) in [5.74, 6) is 0.745. The fourth-order valence-corrected chi connectivity index (χ4v) is 3.99. The van der Waals surface area contributed by atoms with E-state index in [9.17, 15) is 9.59 Å². The number of carbonyl (C=O) groups excluding carboxylic acids is 2. The average molecular weight is 403 g/mol. The van der Waals surface area contributed by atoms with E-state index in [0.29, 0.717) is 19.7 Å². The van der Waals surface area contributed by atoms with E-state index >= 15 is 0 Å². The molecule has 1 N–H and O–H groups in total. The predicted molar refractivity (Wildman–Crippen MR) is 112 cm³/mol. The molecule has 29 heavy (non-hydrogen) atoms. The molecule has 0 saturated carbocycles. The van der Waals surface area contributed by atoms with Crippen LogP contribution in [0.25, 0.3) is 0 Å². The van der Waals surface area contributed by atoms with Crippen molar-refractivity contribution >= 4 is 11.8 Å². The summed E-state index contributed by atoms with van der Waals surface area (Å²) in [7, 11) is 0. The number of piperidine rings is 1.